The average Bonchev–Trinajstić information content (AvgIpc) is 3.03. The molecule has 0 saturated heterocycles. The largest absolute Gasteiger partial charge is 0.507 e. The van der Waals surface area contributed by atoms with Gasteiger partial charge >= 0.3 is 5.69 Å². The summed E-state index contributed by atoms with van der Waals surface area (Å²) in [4.78, 5) is 29.2. The molecule has 0 spiro atoms. The van der Waals surface area contributed by atoms with Crippen LogP contribution in [0.25, 0.3) is 11.2 Å². The highest BCUT2D eigenvalue weighted by atomic mass is 35.5. The number of benzene rings is 1. The van der Waals surface area contributed by atoms with E-state index in [1.165, 1.54) is 17.8 Å². The first kappa shape index (κ1) is 19.4. The minimum absolute atomic E-state index is 0.0820. The van der Waals surface area contributed by atoms with Crippen LogP contribution < -0.4 is 16.7 Å². The van der Waals surface area contributed by atoms with E-state index in [1.807, 2.05) is 0 Å². The maximum atomic E-state index is 12.7. The topological polar surface area (TPSA) is 106 Å². The number of aromatic nitrogens is 4. The fourth-order valence-electron chi connectivity index (χ4n) is 2.68. The standard InChI is InChI=1S/C18H19ClN6O3/c1-11(19)8-9-25-14-15(23(2)18(28)24(3)16(14)27)21-17(25)22-20-10-12-6-4-5-7-13(12)26/h4-8,10,26H,9H2,1-3H3,(H,21,22)/b11-8?,20-10+. The number of hydrazone groups is 1. The first-order chi connectivity index (χ1) is 13.3. The molecule has 0 bridgehead atoms. The van der Waals surface area contributed by atoms with Crippen molar-refractivity contribution >= 4 is 34.9 Å². The van der Waals surface area contributed by atoms with Gasteiger partial charge in [0.15, 0.2) is 11.2 Å². The summed E-state index contributed by atoms with van der Waals surface area (Å²) in [5, 5.41) is 14.5. The van der Waals surface area contributed by atoms with Crippen LogP contribution in [0.5, 0.6) is 5.75 Å². The number of anilines is 1. The van der Waals surface area contributed by atoms with Crippen molar-refractivity contribution in [3.63, 3.8) is 0 Å². The predicted molar refractivity (Wildman–Crippen MR) is 109 cm³/mol. The smallest absolute Gasteiger partial charge is 0.332 e. The Morgan fingerprint density at radius 2 is 2.00 bits per heavy atom. The highest BCUT2D eigenvalue weighted by molar-refractivity contribution is 6.29. The van der Waals surface area contributed by atoms with E-state index in [2.05, 4.69) is 15.5 Å². The van der Waals surface area contributed by atoms with Crippen LogP contribution in [-0.2, 0) is 20.6 Å². The maximum absolute atomic E-state index is 12.7. The lowest BCUT2D eigenvalue weighted by Crippen LogP contribution is -2.37. The zero-order valence-corrected chi connectivity index (χ0v) is 16.3. The van der Waals surface area contributed by atoms with E-state index in [1.54, 1.807) is 48.9 Å². The van der Waals surface area contributed by atoms with Crippen LogP contribution in [0.4, 0.5) is 5.95 Å². The van der Waals surface area contributed by atoms with E-state index in [9.17, 15) is 14.7 Å². The molecule has 146 valence electrons. The fraction of sp³-hybridized carbons (Fsp3) is 0.222. The van der Waals surface area contributed by atoms with E-state index >= 15 is 0 Å². The van der Waals surface area contributed by atoms with Crippen LogP contribution in [0.1, 0.15) is 12.5 Å². The van der Waals surface area contributed by atoms with Gasteiger partial charge in [-0.25, -0.2) is 10.2 Å². The van der Waals surface area contributed by atoms with Gasteiger partial charge in [0.2, 0.25) is 5.95 Å². The molecule has 0 radical (unpaired) electrons. The van der Waals surface area contributed by atoms with Gasteiger partial charge in [0.25, 0.3) is 5.56 Å². The number of fused-ring (bicyclic) bond motifs is 1. The second-order valence-corrected chi connectivity index (χ2v) is 6.74. The Kier molecular flexibility index (Phi) is 5.36. The number of hydrogen-bond donors (Lipinski definition) is 2. The number of phenols is 1. The van der Waals surface area contributed by atoms with Gasteiger partial charge < -0.3 is 5.11 Å². The summed E-state index contributed by atoms with van der Waals surface area (Å²) in [5.41, 5.74) is 2.82. The molecule has 0 saturated carbocycles. The molecule has 10 heteroatoms. The number of nitrogens with one attached hydrogen (secondary N) is 1. The van der Waals surface area contributed by atoms with E-state index in [0.717, 1.165) is 4.57 Å². The molecule has 0 amide bonds. The number of halogens is 1. The molecule has 3 rings (SSSR count). The zero-order valence-electron chi connectivity index (χ0n) is 15.5. The van der Waals surface area contributed by atoms with Gasteiger partial charge in [0.05, 0.1) is 6.21 Å². The van der Waals surface area contributed by atoms with Gasteiger partial charge in [-0.15, -0.1) is 0 Å². The van der Waals surface area contributed by atoms with Crippen molar-refractivity contribution in [3.8, 4) is 5.75 Å². The summed E-state index contributed by atoms with van der Waals surface area (Å²) in [6, 6.07) is 6.72. The summed E-state index contributed by atoms with van der Waals surface area (Å²) in [6.07, 6.45) is 3.14. The second kappa shape index (κ2) is 7.73. The van der Waals surface area contributed by atoms with E-state index < -0.39 is 11.2 Å². The Hall–Kier alpha value is -3.33. The highest BCUT2D eigenvalue weighted by Crippen LogP contribution is 2.17. The normalized spacial score (nSPS) is 12.2. The Balaban J connectivity index is 2.12. The van der Waals surface area contributed by atoms with Crippen LogP contribution in [0.15, 0.2) is 50.1 Å². The summed E-state index contributed by atoms with van der Waals surface area (Å²) in [6.45, 7) is 1.98. The van der Waals surface area contributed by atoms with E-state index in [0.29, 0.717) is 10.6 Å². The molecule has 2 N–H and O–H groups in total. The van der Waals surface area contributed by atoms with Crippen LogP contribution in [-0.4, -0.2) is 30.0 Å². The van der Waals surface area contributed by atoms with Crippen molar-refractivity contribution in [2.45, 2.75) is 13.5 Å². The zero-order chi connectivity index (χ0) is 20.4. The lowest BCUT2D eigenvalue weighted by Gasteiger charge is -2.07. The van der Waals surface area contributed by atoms with Crippen molar-refractivity contribution in [3.05, 3.63) is 61.8 Å². The number of allylic oxidation sites excluding steroid dienone is 2. The Morgan fingerprint density at radius 3 is 2.68 bits per heavy atom. The molecule has 28 heavy (non-hydrogen) atoms. The van der Waals surface area contributed by atoms with Crippen molar-refractivity contribution in [2.75, 3.05) is 5.43 Å². The molecule has 3 aromatic rings. The van der Waals surface area contributed by atoms with E-state index in [-0.39, 0.29) is 29.4 Å². The summed E-state index contributed by atoms with van der Waals surface area (Å²) >= 11 is 5.94. The third kappa shape index (κ3) is 3.56. The van der Waals surface area contributed by atoms with Crippen molar-refractivity contribution in [1.82, 2.24) is 18.7 Å². The van der Waals surface area contributed by atoms with Crippen LogP contribution in [0.2, 0.25) is 0 Å². The van der Waals surface area contributed by atoms with Crippen LogP contribution >= 0.6 is 11.6 Å². The quantitative estimate of drug-likeness (QED) is 0.499. The number of para-hydroxylation sites is 1. The molecule has 0 aliphatic rings. The highest BCUT2D eigenvalue weighted by Gasteiger charge is 2.18. The molecule has 0 aliphatic heterocycles. The molecule has 1 aromatic carbocycles. The molecular weight excluding hydrogens is 384 g/mol. The molecular formula is C18H19ClN6O3. The number of hydrogen-bond acceptors (Lipinski definition) is 6. The average molecular weight is 403 g/mol. The Labute approximate surface area is 164 Å². The van der Waals surface area contributed by atoms with Gasteiger partial charge in [0, 0.05) is 31.2 Å². The predicted octanol–water partition coefficient (Wildman–Crippen LogP) is 1.73. The fourth-order valence-corrected chi connectivity index (χ4v) is 2.75. The monoisotopic (exact) mass is 402 g/mol. The van der Waals surface area contributed by atoms with Gasteiger partial charge in [0.1, 0.15) is 5.75 Å². The number of aromatic hydroxyl groups is 1. The van der Waals surface area contributed by atoms with Gasteiger partial charge in [-0.05, 0) is 19.1 Å². The Morgan fingerprint density at radius 1 is 1.29 bits per heavy atom. The number of rotatable bonds is 5. The molecule has 0 atom stereocenters. The molecule has 9 nitrogen and oxygen atoms in total. The second-order valence-electron chi connectivity index (χ2n) is 6.14. The van der Waals surface area contributed by atoms with Gasteiger partial charge in [-0.3, -0.25) is 18.5 Å². The number of imidazole rings is 1. The first-order valence-electron chi connectivity index (χ1n) is 8.37. The lowest BCUT2D eigenvalue weighted by atomic mass is 10.2. The number of aryl methyl sites for hydroxylation is 1. The third-order valence-electron chi connectivity index (χ3n) is 4.21. The van der Waals surface area contributed by atoms with Crippen molar-refractivity contribution in [2.24, 2.45) is 19.2 Å². The minimum Gasteiger partial charge on any atom is -0.507 e. The SMILES string of the molecule is CC(Cl)=CCn1c(N/N=C/c2ccccc2O)nc2c1c(=O)n(C)c(=O)n2C. The maximum Gasteiger partial charge on any atom is 0.332 e. The summed E-state index contributed by atoms with van der Waals surface area (Å²) in [5.74, 6) is 0.340. The summed E-state index contributed by atoms with van der Waals surface area (Å²) < 4.78 is 3.90. The van der Waals surface area contributed by atoms with Crippen LogP contribution in [0.3, 0.4) is 0 Å². The van der Waals surface area contributed by atoms with Crippen molar-refractivity contribution < 1.29 is 5.11 Å². The summed E-state index contributed by atoms with van der Waals surface area (Å²) in [7, 11) is 2.95. The Bertz CT molecular complexity index is 1210. The number of nitrogens with zero attached hydrogens (tertiary/aromatic N) is 5. The van der Waals surface area contributed by atoms with Gasteiger partial charge in [-0.1, -0.05) is 29.8 Å². The van der Waals surface area contributed by atoms with Crippen LogP contribution in [0, 0.1) is 0 Å². The molecule has 0 fully saturated rings. The van der Waals surface area contributed by atoms with Crippen molar-refractivity contribution in [1.29, 1.82) is 0 Å². The number of phenolic OH excluding ortho intramolecular Hbond substituents is 1. The first-order valence-corrected chi connectivity index (χ1v) is 8.74. The molecule has 2 heterocycles. The molecule has 0 aliphatic carbocycles. The minimum atomic E-state index is -0.476. The third-order valence-corrected chi connectivity index (χ3v) is 4.36. The van der Waals surface area contributed by atoms with Gasteiger partial charge in [-0.2, -0.15) is 10.1 Å². The van der Waals surface area contributed by atoms with E-state index in [4.69, 9.17) is 11.6 Å². The molecule has 2 aromatic heterocycles. The molecule has 0 unspecified atom stereocenters. The lowest BCUT2D eigenvalue weighted by molar-refractivity contribution is 0.474.